The van der Waals surface area contributed by atoms with Gasteiger partial charge in [0.2, 0.25) is 0 Å². The first-order valence-electron chi connectivity index (χ1n) is 7.19. The molecule has 0 spiro atoms. The van der Waals surface area contributed by atoms with E-state index >= 15 is 0 Å². The summed E-state index contributed by atoms with van der Waals surface area (Å²) in [6.07, 6.45) is 2.07. The van der Waals surface area contributed by atoms with Crippen LogP contribution in [0.15, 0.2) is 18.2 Å². The lowest BCUT2D eigenvalue weighted by Crippen LogP contribution is -2.02. The summed E-state index contributed by atoms with van der Waals surface area (Å²) in [5.41, 5.74) is 6.04. The Hall–Kier alpha value is -1.90. The molecule has 20 heavy (non-hydrogen) atoms. The van der Waals surface area contributed by atoms with E-state index in [4.69, 9.17) is 4.98 Å². The molecule has 0 saturated carbocycles. The number of hydrogen-bond donors (Lipinski definition) is 1. The highest BCUT2D eigenvalue weighted by molar-refractivity contribution is 5.64. The van der Waals surface area contributed by atoms with Crippen molar-refractivity contribution in [3.8, 4) is 11.4 Å². The number of hydrogen-bond acceptors (Lipinski definition) is 3. The average Bonchev–Trinajstić information content (AvgIpc) is 2.42. The number of nitrogens with zero attached hydrogens (tertiary/aromatic N) is 2. The number of rotatable bonds is 4. The Labute approximate surface area is 121 Å². The van der Waals surface area contributed by atoms with E-state index in [1.807, 2.05) is 13.1 Å². The van der Waals surface area contributed by atoms with Crippen LogP contribution in [0.3, 0.4) is 0 Å². The smallest absolute Gasteiger partial charge is 0.162 e. The van der Waals surface area contributed by atoms with Gasteiger partial charge in [0.1, 0.15) is 5.82 Å². The molecule has 2 rings (SSSR count). The maximum absolute atomic E-state index is 4.72. The van der Waals surface area contributed by atoms with E-state index in [2.05, 4.69) is 50.1 Å². The molecule has 0 fully saturated rings. The molecule has 3 heteroatoms. The zero-order chi connectivity index (χ0) is 14.7. The van der Waals surface area contributed by atoms with Gasteiger partial charge in [-0.2, -0.15) is 0 Å². The minimum absolute atomic E-state index is 0.820. The molecule has 1 aromatic heterocycles. The first kappa shape index (κ1) is 14.5. The molecule has 0 aliphatic rings. The summed E-state index contributed by atoms with van der Waals surface area (Å²) in [5.74, 6) is 1.71. The van der Waals surface area contributed by atoms with E-state index < -0.39 is 0 Å². The number of aryl methyl sites for hydroxylation is 4. The fourth-order valence-electron chi connectivity index (χ4n) is 2.33. The van der Waals surface area contributed by atoms with Crippen LogP contribution < -0.4 is 5.32 Å². The van der Waals surface area contributed by atoms with Gasteiger partial charge in [-0.15, -0.1) is 0 Å². The summed E-state index contributed by atoms with van der Waals surface area (Å²) in [6.45, 7) is 8.56. The summed E-state index contributed by atoms with van der Waals surface area (Å²) >= 11 is 0. The highest BCUT2D eigenvalue weighted by Gasteiger charge is 2.10. The summed E-state index contributed by atoms with van der Waals surface area (Å²) < 4.78 is 0. The van der Waals surface area contributed by atoms with Gasteiger partial charge < -0.3 is 5.32 Å². The Balaban J connectivity index is 2.56. The van der Waals surface area contributed by atoms with Gasteiger partial charge in [-0.25, -0.2) is 9.97 Å². The average molecular weight is 269 g/mol. The van der Waals surface area contributed by atoms with Crippen molar-refractivity contribution in [3.05, 3.63) is 40.6 Å². The molecule has 0 radical (unpaired) electrons. The third-order valence-electron chi connectivity index (χ3n) is 3.62. The Kier molecular flexibility index (Phi) is 4.38. The van der Waals surface area contributed by atoms with Crippen LogP contribution >= 0.6 is 0 Å². The summed E-state index contributed by atoms with van der Waals surface area (Å²) in [6, 6.07) is 6.43. The zero-order valence-corrected chi connectivity index (χ0v) is 13.0. The molecule has 0 bridgehead atoms. The predicted molar refractivity (Wildman–Crippen MR) is 85.2 cm³/mol. The number of nitrogens with one attached hydrogen (secondary N) is 1. The van der Waals surface area contributed by atoms with Crippen molar-refractivity contribution in [3.63, 3.8) is 0 Å². The quantitative estimate of drug-likeness (QED) is 0.909. The van der Waals surface area contributed by atoms with Crippen molar-refractivity contribution >= 4 is 5.82 Å². The molecule has 0 aliphatic carbocycles. The minimum atomic E-state index is 0.820. The Morgan fingerprint density at radius 2 is 1.65 bits per heavy atom. The second-order valence-corrected chi connectivity index (χ2v) is 5.32. The fraction of sp³-hybridized carbons (Fsp3) is 0.412. The normalized spacial score (nSPS) is 10.7. The van der Waals surface area contributed by atoms with E-state index in [0.29, 0.717) is 0 Å². The molecular formula is C17H23N3. The molecule has 0 unspecified atom stereocenters. The van der Waals surface area contributed by atoms with Crippen molar-refractivity contribution in [2.24, 2.45) is 0 Å². The third-order valence-corrected chi connectivity index (χ3v) is 3.62. The molecule has 0 amide bonds. The van der Waals surface area contributed by atoms with Crippen LogP contribution in [0.4, 0.5) is 5.82 Å². The minimum Gasteiger partial charge on any atom is -0.373 e. The molecular weight excluding hydrogens is 246 g/mol. The van der Waals surface area contributed by atoms with E-state index in [0.717, 1.165) is 35.7 Å². The van der Waals surface area contributed by atoms with E-state index in [1.54, 1.807) is 0 Å². The first-order chi connectivity index (χ1) is 9.55. The molecule has 3 nitrogen and oxygen atoms in total. The monoisotopic (exact) mass is 269 g/mol. The lowest BCUT2D eigenvalue weighted by Gasteiger charge is -2.11. The second-order valence-electron chi connectivity index (χ2n) is 5.32. The van der Waals surface area contributed by atoms with Gasteiger partial charge in [-0.05, 0) is 49.9 Å². The van der Waals surface area contributed by atoms with Crippen LogP contribution in [0.5, 0.6) is 0 Å². The van der Waals surface area contributed by atoms with Gasteiger partial charge in [-0.1, -0.05) is 19.4 Å². The van der Waals surface area contributed by atoms with Gasteiger partial charge in [0, 0.05) is 24.4 Å². The highest BCUT2D eigenvalue weighted by Crippen LogP contribution is 2.25. The van der Waals surface area contributed by atoms with Gasteiger partial charge >= 0.3 is 0 Å². The second kappa shape index (κ2) is 6.04. The fourth-order valence-corrected chi connectivity index (χ4v) is 2.33. The first-order valence-corrected chi connectivity index (χ1v) is 7.19. The highest BCUT2D eigenvalue weighted by atomic mass is 15.0. The molecule has 2 aromatic rings. The Morgan fingerprint density at radius 1 is 0.950 bits per heavy atom. The molecule has 1 aromatic carbocycles. The zero-order valence-electron chi connectivity index (χ0n) is 13.0. The number of anilines is 1. The van der Waals surface area contributed by atoms with Crippen molar-refractivity contribution in [1.82, 2.24) is 9.97 Å². The van der Waals surface area contributed by atoms with Crippen molar-refractivity contribution < 1.29 is 0 Å². The third kappa shape index (κ3) is 2.98. The predicted octanol–water partition coefficient (Wildman–Crippen LogP) is 4.06. The maximum Gasteiger partial charge on any atom is 0.162 e. The molecule has 1 heterocycles. The van der Waals surface area contributed by atoms with Crippen molar-refractivity contribution in [2.75, 3.05) is 12.4 Å². The summed E-state index contributed by atoms with van der Waals surface area (Å²) in [5, 5.41) is 3.13. The standard InChI is InChI=1S/C17H23N3/c1-6-7-14-10-16(18-5)20-17(19-14)15-9-12(3)11(2)8-13(15)4/h8-10H,6-7H2,1-5H3,(H,18,19,20). The SMILES string of the molecule is CCCc1cc(NC)nc(-c2cc(C)c(C)cc2C)n1. The van der Waals surface area contributed by atoms with Gasteiger partial charge in [0.15, 0.2) is 5.82 Å². The van der Waals surface area contributed by atoms with Gasteiger partial charge in [0.25, 0.3) is 0 Å². The van der Waals surface area contributed by atoms with Crippen molar-refractivity contribution in [1.29, 1.82) is 0 Å². The lowest BCUT2D eigenvalue weighted by atomic mass is 10.0. The summed E-state index contributed by atoms with van der Waals surface area (Å²) in [4.78, 5) is 9.34. The number of aromatic nitrogens is 2. The van der Waals surface area contributed by atoms with Crippen LogP contribution in [-0.4, -0.2) is 17.0 Å². The van der Waals surface area contributed by atoms with Crippen LogP contribution in [0, 0.1) is 20.8 Å². The van der Waals surface area contributed by atoms with E-state index in [9.17, 15) is 0 Å². The van der Waals surface area contributed by atoms with Crippen molar-refractivity contribution in [2.45, 2.75) is 40.5 Å². The van der Waals surface area contributed by atoms with Gasteiger partial charge in [-0.3, -0.25) is 0 Å². The molecule has 0 atom stereocenters. The lowest BCUT2D eigenvalue weighted by molar-refractivity contribution is 0.875. The van der Waals surface area contributed by atoms with E-state index in [-0.39, 0.29) is 0 Å². The van der Waals surface area contributed by atoms with Crippen LogP contribution in [0.2, 0.25) is 0 Å². The maximum atomic E-state index is 4.72. The van der Waals surface area contributed by atoms with Gasteiger partial charge in [0.05, 0.1) is 0 Å². The Morgan fingerprint density at radius 3 is 2.30 bits per heavy atom. The topological polar surface area (TPSA) is 37.8 Å². The molecule has 0 saturated heterocycles. The van der Waals surface area contributed by atoms with Crippen LogP contribution in [-0.2, 0) is 6.42 Å². The molecule has 106 valence electrons. The molecule has 0 aliphatic heterocycles. The Bertz CT molecular complexity index is 618. The largest absolute Gasteiger partial charge is 0.373 e. The van der Waals surface area contributed by atoms with E-state index in [1.165, 1.54) is 16.7 Å². The van der Waals surface area contributed by atoms with Crippen LogP contribution in [0.1, 0.15) is 35.7 Å². The van der Waals surface area contributed by atoms with Crippen LogP contribution in [0.25, 0.3) is 11.4 Å². The molecule has 1 N–H and O–H groups in total. The summed E-state index contributed by atoms with van der Waals surface area (Å²) in [7, 11) is 1.90. The number of benzene rings is 1.